The van der Waals surface area contributed by atoms with Gasteiger partial charge in [0.25, 0.3) is 0 Å². The molecule has 0 aliphatic carbocycles. The lowest BCUT2D eigenvalue weighted by molar-refractivity contribution is 0.462. The Morgan fingerprint density at radius 1 is 1.11 bits per heavy atom. The number of aryl methyl sites for hydroxylation is 2. The first-order valence-electron chi connectivity index (χ1n) is 6.53. The van der Waals surface area contributed by atoms with Crippen molar-refractivity contribution >= 4 is 10.9 Å². The quantitative estimate of drug-likeness (QED) is 0.773. The van der Waals surface area contributed by atoms with Crippen LogP contribution in [0, 0.1) is 6.92 Å². The lowest BCUT2D eigenvalue weighted by Gasteiger charge is -2.01. The van der Waals surface area contributed by atoms with Crippen LogP contribution >= 0.6 is 0 Å². The number of para-hydroxylation sites is 1. The third-order valence-electron chi connectivity index (χ3n) is 3.39. The predicted molar refractivity (Wildman–Crippen MR) is 76.9 cm³/mol. The number of aromatic nitrogens is 1. The number of furan rings is 1. The normalized spacial score (nSPS) is 11.3. The summed E-state index contributed by atoms with van der Waals surface area (Å²) in [6, 6.07) is 12.5. The Labute approximate surface area is 112 Å². The van der Waals surface area contributed by atoms with Crippen LogP contribution in [0.15, 0.2) is 47.0 Å². The smallest absolute Gasteiger partial charge is 0.117 e. The zero-order valence-corrected chi connectivity index (χ0v) is 11.3. The minimum Gasteiger partial charge on any atom is -0.465 e. The van der Waals surface area contributed by atoms with Gasteiger partial charge in [0.1, 0.15) is 11.5 Å². The standard InChI is InChI=1S/C16H18N2O/c1-12-7-8-14(19-12)10-17-9-13-11-18(2)16-6-4-3-5-15(13)16/h3-8,11,17H,9-10H2,1-2H3. The summed E-state index contributed by atoms with van der Waals surface area (Å²) in [5, 5.41) is 4.74. The highest BCUT2D eigenvalue weighted by atomic mass is 16.3. The Kier molecular flexibility index (Phi) is 3.13. The lowest BCUT2D eigenvalue weighted by Crippen LogP contribution is -2.11. The van der Waals surface area contributed by atoms with Crippen molar-refractivity contribution in [2.45, 2.75) is 20.0 Å². The second-order valence-corrected chi connectivity index (χ2v) is 4.90. The minimum atomic E-state index is 0.761. The van der Waals surface area contributed by atoms with E-state index in [0.717, 1.165) is 24.6 Å². The molecule has 19 heavy (non-hydrogen) atoms. The predicted octanol–water partition coefficient (Wildman–Crippen LogP) is 3.37. The highest BCUT2D eigenvalue weighted by Crippen LogP contribution is 2.20. The van der Waals surface area contributed by atoms with Crippen LogP contribution in [0.2, 0.25) is 0 Å². The first-order chi connectivity index (χ1) is 9.24. The lowest BCUT2D eigenvalue weighted by atomic mass is 10.2. The summed E-state index contributed by atoms with van der Waals surface area (Å²) in [6.45, 7) is 3.58. The van der Waals surface area contributed by atoms with Gasteiger partial charge in [-0.3, -0.25) is 0 Å². The van der Waals surface area contributed by atoms with E-state index in [1.165, 1.54) is 16.5 Å². The fourth-order valence-electron chi connectivity index (χ4n) is 2.47. The van der Waals surface area contributed by atoms with Gasteiger partial charge in [0.2, 0.25) is 0 Å². The van der Waals surface area contributed by atoms with E-state index in [2.05, 4.69) is 47.4 Å². The first kappa shape index (κ1) is 12.1. The molecule has 0 saturated carbocycles. The molecule has 0 fully saturated rings. The van der Waals surface area contributed by atoms with E-state index < -0.39 is 0 Å². The molecule has 2 aromatic heterocycles. The molecule has 3 rings (SSSR count). The Balaban J connectivity index is 1.72. The number of hydrogen-bond acceptors (Lipinski definition) is 2. The van der Waals surface area contributed by atoms with E-state index in [4.69, 9.17) is 4.42 Å². The summed E-state index contributed by atoms with van der Waals surface area (Å²) in [6.07, 6.45) is 2.19. The Morgan fingerprint density at radius 3 is 2.74 bits per heavy atom. The van der Waals surface area contributed by atoms with Crippen LogP contribution < -0.4 is 5.32 Å². The Bertz CT molecular complexity index is 694. The zero-order valence-electron chi connectivity index (χ0n) is 11.3. The summed E-state index contributed by atoms with van der Waals surface area (Å²) < 4.78 is 7.72. The number of rotatable bonds is 4. The van der Waals surface area contributed by atoms with Gasteiger partial charge in [-0.1, -0.05) is 18.2 Å². The van der Waals surface area contributed by atoms with Gasteiger partial charge in [-0.05, 0) is 30.7 Å². The molecule has 0 saturated heterocycles. The van der Waals surface area contributed by atoms with E-state index in [-0.39, 0.29) is 0 Å². The summed E-state index contributed by atoms with van der Waals surface area (Å²) in [7, 11) is 2.09. The third-order valence-corrected chi connectivity index (χ3v) is 3.39. The Morgan fingerprint density at radius 2 is 1.95 bits per heavy atom. The Hall–Kier alpha value is -2.00. The minimum absolute atomic E-state index is 0.761. The largest absolute Gasteiger partial charge is 0.465 e. The van der Waals surface area contributed by atoms with Crippen LogP contribution in [0.5, 0.6) is 0 Å². The SMILES string of the molecule is Cc1ccc(CNCc2cn(C)c3ccccc23)o1. The number of hydrogen-bond donors (Lipinski definition) is 1. The summed E-state index contributed by atoms with van der Waals surface area (Å²) in [5.41, 5.74) is 2.59. The van der Waals surface area contributed by atoms with Crippen molar-refractivity contribution in [1.82, 2.24) is 9.88 Å². The molecule has 3 heteroatoms. The molecule has 2 heterocycles. The van der Waals surface area contributed by atoms with Gasteiger partial charge in [-0.25, -0.2) is 0 Å². The van der Waals surface area contributed by atoms with Gasteiger partial charge in [0.15, 0.2) is 0 Å². The fraction of sp³-hybridized carbons (Fsp3) is 0.250. The van der Waals surface area contributed by atoms with E-state index in [1.54, 1.807) is 0 Å². The molecule has 1 aromatic carbocycles. The van der Waals surface area contributed by atoms with Crippen LogP contribution in [-0.4, -0.2) is 4.57 Å². The van der Waals surface area contributed by atoms with Crippen molar-refractivity contribution in [1.29, 1.82) is 0 Å². The molecule has 1 N–H and O–H groups in total. The van der Waals surface area contributed by atoms with E-state index >= 15 is 0 Å². The van der Waals surface area contributed by atoms with Gasteiger partial charge in [-0.15, -0.1) is 0 Å². The van der Waals surface area contributed by atoms with Crippen LogP contribution in [0.4, 0.5) is 0 Å². The van der Waals surface area contributed by atoms with Gasteiger partial charge in [-0.2, -0.15) is 0 Å². The molecule has 0 atom stereocenters. The van der Waals surface area contributed by atoms with Crippen molar-refractivity contribution in [2.24, 2.45) is 7.05 Å². The molecule has 3 aromatic rings. The molecule has 0 amide bonds. The van der Waals surface area contributed by atoms with Crippen molar-refractivity contribution in [3.8, 4) is 0 Å². The third kappa shape index (κ3) is 2.42. The zero-order chi connectivity index (χ0) is 13.2. The molecule has 0 bridgehead atoms. The van der Waals surface area contributed by atoms with Gasteiger partial charge in [0.05, 0.1) is 6.54 Å². The number of nitrogens with one attached hydrogen (secondary N) is 1. The summed E-state index contributed by atoms with van der Waals surface area (Å²) in [5.74, 6) is 1.94. The molecule has 0 aliphatic heterocycles. The first-order valence-corrected chi connectivity index (χ1v) is 6.53. The second-order valence-electron chi connectivity index (χ2n) is 4.90. The number of fused-ring (bicyclic) bond motifs is 1. The van der Waals surface area contributed by atoms with Crippen molar-refractivity contribution < 1.29 is 4.42 Å². The molecule has 98 valence electrons. The average molecular weight is 254 g/mol. The maximum Gasteiger partial charge on any atom is 0.117 e. The van der Waals surface area contributed by atoms with Crippen LogP contribution in [0.1, 0.15) is 17.1 Å². The fourth-order valence-corrected chi connectivity index (χ4v) is 2.47. The highest BCUT2D eigenvalue weighted by molar-refractivity contribution is 5.83. The maximum atomic E-state index is 5.55. The number of benzene rings is 1. The second kappa shape index (κ2) is 4.94. The van der Waals surface area contributed by atoms with Crippen molar-refractivity contribution in [3.05, 3.63) is 59.7 Å². The highest BCUT2D eigenvalue weighted by Gasteiger charge is 2.05. The molecular weight excluding hydrogens is 236 g/mol. The van der Waals surface area contributed by atoms with Gasteiger partial charge >= 0.3 is 0 Å². The molecule has 0 spiro atoms. The maximum absolute atomic E-state index is 5.55. The van der Waals surface area contributed by atoms with E-state index in [0.29, 0.717) is 0 Å². The van der Waals surface area contributed by atoms with Crippen LogP contribution in [-0.2, 0) is 20.1 Å². The molecule has 0 radical (unpaired) electrons. The molecule has 0 aliphatic rings. The van der Waals surface area contributed by atoms with E-state index in [1.807, 2.05) is 19.1 Å². The summed E-state index contributed by atoms with van der Waals surface area (Å²) in [4.78, 5) is 0. The number of nitrogens with zero attached hydrogens (tertiary/aromatic N) is 1. The van der Waals surface area contributed by atoms with Gasteiger partial charge in [0, 0.05) is 30.7 Å². The van der Waals surface area contributed by atoms with Crippen LogP contribution in [0.25, 0.3) is 10.9 Å². The van der Waals surface area contributed by atoms with Crippen LogP contribution in [0.3, 0.4) is 0 Å². The molecular formula is C16H18N2O. The van der Waals surface area contributed by atoms with Gasteiger partial charge < -0.3 is 14.3 Å². The molecule has 0 unspecified atom stereocenters. The van der Waals surface area contributed by atoms with Crippen molar-refractivity contribution in [2.75, 3.05) is 0 Å². The van der Waals surface area contributed by atoms with E-state index in [9.17, 15) is 0 Å². The van der Waals surface area contributed by atoms with Crippen molar-refractivity contribution in [3.63, 3.8) is 0 Å². The monoisotopic (exact) mass is 254 g/mol. The average Bonchev–Trinajstić information content (AvgIpc) is 2.96. The summed E-state index contributed by atoms with van der Waals surface area (Å²) >= 11 is 0. The topological polar surface area (TPSA) is 30.1 Å². The molecule has 3 nitrogen and oxygen atoms in total.